The van der Waals surface area contributed by atoms with E-state index in [0.29, 0.717) is 6.42 Å². The van der Waals surface area contributed by atoms with Crippen LogP contribution in [0.15, 0.2) is 12.2 Å². The van der Waals surface area contributed by atoms with Crippen molar-refractivity contribution in [3.8, 4) is 0 Å². The molecule has 10 heteroatoms. The van der Waals surface area contributed by atoms with Crippen LogP contribution in [0.5, 0.6) is 0 Å². The second-order valence-electron chi connectivity index (χ2n) is 20.6. The molecule has 0 spiro atoms. The minimum Gasteiger partial charge on any atom is -0.462 e. The van der Waals surface area contributed by atoms with Crippen LogP contribution < -0.4 is 5.73 Å². The molecule has 0 fully saturated rings. The number of esters is 2. The van der Waals surface area contributed by atoms with Crippen molar-refractivity contribution in [3.05, 3.63) is 12.2 Å². The Labute approximate surface area is 428 Å². The number of carbonyl (C=O) groups excluding carboxylic acids is 2. The zero-order valence-electron chi connectivity index (χ0n) is 45.8. The van der Waals surface area contributed by atoms with Gasteiger partial charge in [-0.1, -0.05) is 283 Å². The summed E-state index contributed by atoms with van der Waals surface area (Å²) < 4.78 is 32.9. The minimum absolute atomic E-state index is 0.0575. The molecule has 9 nitrogen and oxygen atoms in total. The van der Waals surface area contributed by atoms with E-state index in [0.717, 1.165) is 32.1 Å². The third-order valence-corrected chi connectivity index (χ3v) is 14.6. The molecule has 0 aromatic carbocycles. The average Bonchev–Trinajstić information content (AvgIpc) is 3.34. The van der Waals surface area contributed by atoms with Crippen molar-refractivity contribution in [2.24, 2.45) is 5.73 Å². The van der Waals surface area contributed by atoms with Gasteiger partial charge in [0.15, 0.2) is 6.10 Å². The zero-order valence-corrected chi connectivity index (χ0v) is 46.7. The van der Waals surface area contributed by atoms with Gasteiger partial charge >= 0.3 is 19.8 Å². The molecule has 2 unspecified atom stereocenters. The normalized spacial score (nSPS) is 13.0. The predicted molar refractivity (Wildman–Crippen MR) is 294 cm³/mol. The smallest absolute Gasteiger partial charge is 0.462 e. The molecule has 0 saturated heterocycles. The van der Waals surface area contributed by atoms with E-state index in [1.807, 2.05) is 0 Å². The molecule has 69 heavy (non-hydrogen) atoms. The Morgan fingerprint density at radius 3 is 1.03 bits per heavy atom. The maximum absolute atomic E-state index is 12.6. The van der Waals surface area contributed by atoms with Crippen LogP contribution in [0.25, 0.3) is 0 Å². The molecular formula is C59H116NO8P. The van der Waals surface area contributed by atoms with Crippen LogP contribution in [-0.4, -0.2) is 49.3 Å². The van der Waals surface area contributed by atoms with Crippen LogP contribution in [0.1, 0.15) is 322 Å². The Morgan fingerprint density at radius 2 is 0.710 bits per heavy atom. The summed E-state index contributed by atoms with van der Waals surface area (Å²) in [5.74, 6) is -0.813. The highest BCUT2D eigenvalue weighted by Gasteiger charge is 2.26. The summed E-state index contributed by atoms with van der Waals surface area (Å²) >= 11 is 0. The largest absolute Gasteiger partial charge is 0.472 e. The van der Waals surface area contributed by atoms with Crippen molar-refractivity contribution >= 4 is 19.8 Å². The summed E-state index contributed by atoms with van der Waals surface area (Å²) in [7, 11) is -4.37. The molecule has 0 aromatic rings. The minimum atomic E-state index is -4.37. The number of unbranched alkanes of at least 4 members (excludes halogenated alkanes) is 43. The van der Waals surface area contributed by atoms with Gasteiger partial charge in [-0.15, -0.1) is 0 Å². The lowest BCUT2D eigenvalue weighted by Gasteiger charge is -2.19. The molecular weight excluding hydrogens is 882 g/mol. The molecule has 0 aliphatic rings. The summed E-state index contributed by atoms with van der Waals surface area (Å²) in [6.07, 6.45) is 64.8. The number of phosphoric acid groups is 1. The summed E-state index contributed by atoms with van der Waals surface area (Å²) in [5.41, 5.74) is 5.36. The number of carbonyl (C=O) groups is 2. The Morgan fingerprint density at radius 1 is 0.420 bits per heavy atom. The molecule has 2 atom stereocenters. The van der Waals surface area contributed by atoms with Crippen LogP contribution in [-0.2, 0) is 32.7 Å². The Hall–Kier alpha value is -1.25. The van der Waals surface area contributed by atoms with Crippen LogP contribution in [0.4, 0.5) is 0 Å². The highest BCUT2D eigenvalue weighted by molar-refractivity contribution is 7.47. The summed E-state index contributed by atoms with van der Waals surface area (Å²) in [6.45, 7) is 3.76. The van der Waals surface area contributed by atoms with Crippen molar-refractivity contribution in [1.29, 1.82) is 0 Å². The lowest BCUT2D eigenvalue weighted by Crippen LogP contribution is -2.29. The topological polar surface area (TPSA) is 134 Å². The summed E-state index contributed by atoms with van der Waals surface area (Å²) in [4.78, 5) is 34.9. The fourth-order valence-corrected chi connectivity index (χ4v) is 9.93. The lowest BCUT2D eigenvalue weighted by atomic mass is 10.0. The van der Waals surface area contributed by atoms with E-state index in [9.17, 15) is 19.0 Å². The fraction of sp³-hybridized carbons (Fsp3) is 0.932. The standard InChI is InChI=1S/C59H116NO8P/c1-3-5-7-9-11-13-14-15-16-17-18-19-20-21-22-23-24-25-26-27-28-29-30-31-32-33-34-35-36-37-38-39-40-41-42-44-46-48-50-52-59(62)68-57(56-67-69(63,64)66-54-53-60)55-65-58(61)51-49-47-45-43-12-10-8-6-4-2/h17-18,57H,3-16,19-56,60H2,1-2H3,(H,63,64)/b18-17-. The van der Waals surface area contributed by atoms with Crippen LogP contribution >= 0.6 is 7.82 Å². The van der Waals surface area contributed by atoms with E-state index >= 15 is 0 Å². The SMILES string of the molecule is CCCCCCCCCC/C=C\CCCCCCCCCCCCCCCCCCCCCCCCCCCCCC(=O)OC(COC(=O)CCCCCCCCCCC)COP(=O)(O)OCCN. The molecule has 0 bridgehead atoms. The van der Waals surface area contributed by atoms with E-state index in [2.05, 4.69) is 26.0 Å². The molecule has 0 heterocycles. The monoisotopic (exact) mass is 998 g/mol. The van der Waals surface area contributed by atoms with Gasteiger partial charge in [-0.3, -0.25) is 18.6 Å². The van der Waals surface area contributed by atoms with Crippen LogP contribution in [0.3, 0.4) is 0 Å². The van der Waals surface area contributed by atoms with Gasteiger partial charge in [-0.05, 0) is 38.5 Å². The van der Waals surface area contributed by atoms with Crippen molar-refractivity contribution in [3.63, 3.8) is 0 Å². The first-order chi connectivity index (χ1) is 33.8. The summed E-state index contributed by atoms with van der Waals surface area (Å²) in [5, 5.41) is 0. The molecule has 410 valence electrons. The van der Waals surface area contributed by atoms with E-state index in [1.54, 1.807) is 0 Å². The molecule has 0 radical (unpaired) electrons. The molecule has 0 aliphatic carbocycles. The average molecular weight is 999 g/mol. The van der Waals surface area contributed by atoms with E-state index in [4.69, 9.17) is 24.3 Å². The van der Waals surface area contributed by atoms with Gasteiger partial charge in [0.25, 0.3) is 0 Å². The number of hydrogen-bond acceptors (Lipinski definition) is 8. The maximum atomic E-state index is 12.6. The predicted octanol–water partition coefficient (Wildman–Crippen LogP) is 18.9. The number of hydrogen-bond donors (Lipinski definition) is 2. The first-order valence-electron chi connectivity index (χ1n) is 30.2. The van der Waals surface area contributed by atoms with Crippen molar-refractivity contribution < 1.29 is 37.6 Å². The van der Waals surface area contributed by atoms with Gasteiger partial charge in [0.2, 0.25) is 0 Å². The molecule has 0 rings (SSSR count). The Bertz CT molecular complexity index is 1140. The highest BCUT2D eigenvalue weighted by atomic mass is 31.2. The van der Waals surface area contributed by atoms with Crippen molar-refractivity contribution in [2.45, 2.75) is 328 Å². The van der Waals surface area contributed by atoms with Gasteiger partial charge in [0.05, 0.1) is 13.2 Å². The number of nitrogens with two attached hydrogens (primary N) is 1. The highest BCUT2D eigenvalue weighted by Crippen LogP contribution is 2.43. The quantitative estimate of drug-likeness (QED) is 0.0264. The van der Waals surface area contributed by atoms with Crippen LogP contribution in [0.2, 0.25) is 0 Å². The lowest BCUT2D eigenvalue weighted by molar-refractivity contribution is -0.161. The third kappa shape index (κ3) is 55.9. The third-order valence-electron chi connectivity index (χ3n) is 13.7. The maximum Gasteiger partial charge on any atom is 0.472 e. The van der Waals surface area contributed by atoms with Gasteiger partial charge < -0.3 is 20.1 Å². The van der Waals surface area contributed by atoms with Gasteiger partial charge in [-0.2, -0.15) is 0 Å². The molecule has 3 N–H and O–H groups in total. The second kappa shape index (κ2) is 56.1. The first-order valence-corrected chi connectivity index (χ1v) is 31.7. The van der Waals surface area contributed by atoms with E-state index in [-0.39, 0.29) is 38.6 Å². The van der Waals surface area contributed by atoms with Gasteiger partial charge in [0, 0.05) is 19.4 Å². The molecule has 0 amide bonds. The number of ether oxygens (including phenoxy) is 2. The van der Waals surface area contributed by atoms with Crippen LogP contribution in [0, 0.1) is 0 Å². The summed E-state index contributed by atoms with van der Waals surface area (Å²) in [6, 6.07) is 0. The molecule has 0 aliphatic heterocycles. The molecule has 0 aromatic heterocycles. The zero-order chi connectivity index (χ0) is 50.2. The fourth-order valence-electron chi connectivity index (χ4n) is 9.16. The van der Waals surface area contributed by atoms with E-state index in [1.165, 1.54) is 257 Å². The Kier molecular flexibility index (Phi) is 55.0. The van der Waals surface area contributed by atoms with Crippen molar-refractivity contribution in [2.75, 3.05) is 26.4 Å². The van der Waals surface area contributed by atoms with Gasteiger partial charge in [0.1, 0.15) is 6.61 Å². The number of allylic oxidation sites excluding steroid dienone is 2. The molecule has 0 saturated carbocycles. The van der Waals surface area contributed by atoms with Crippen molar-refractivity contribution in [1.82, 2.24) is 0 Å². The number of phosphoric ester groups is 1. The van der Waals surface area contributed by atoms with E-state index < -0.39 is 26.5 Å². The number of rotatable bonds is 58. The second-order valence-corrected chi connectivity index (χ2v) is 22.0. The van der Waals surface area contributed by atoms with Gasteiger partial charge in [-0.25, -0.2) is 4.57 Å². The Balaban J connectivity index is 3.65. The first kappa shape index (κ1) is 67.8.